The summed E-state index contributed by atoms with van der Waals surface area (Å²) < 4.78 is 1.85. The zero-order valence-corrected chi connectivity index (χ0v) is 10.6. The van der Waals surface area contributed by atoms with Crippen molar-refractivity contribution in [2.45, 2.75) is 40.7 Å². The van der Waals surface area contributed by atoms with Crippen molar-refractivity contribution in [3.8, 4) is 0 Å². The lowest BCUT2D eigenvalue weighted by Crippen LogP contribution is -2.12. The van der Waals surface area contributed by atoms with Gasteiger partial charge in [0.05, 0.1) is 12.6 Å². The summed E-state index contributed by atoms with van der Waals surface area (Å²) in [7, 11) is 1.85. The summed E-state index contributed by atoms with van der Waals surface area (Å²) in [5.41, 5.74) is 2.24. The number of hydrogen-bond acceptors (Lipinski definition) is 3. The zero-order chi connectivity index (χ0) is 12.0. The molecule has 1 aromatic rings. The van der Waals surface area contributed by atoms with Gasteiger partial charge in [-0.3, -0.25) is 4.68 Å². The van der Waals surface area contributed by atoms with Gasteiger partial charge in [-0.2, -0.15) is 5.10 Å². The maximum absolute atomic E-state index is 9.00. The van der Waals surface area contributed by atoms with Crippen LogP contribution in [0.3, 0.4) is 0 Å². The highest BCUT2D eigenvalue weighted by Gasteiger charge is 2.13. The molecule has 88 valence electrons. The van der Waals surface area contributed by atoms with E-state index in [9.17, 15) is 0 Å². The highest BCUT2D eigenvalue weighted by atomic mass is 16.3. The molecule has 0 amide bonds. The van der Waals surface area contributed by atoms with Crippen LogP contribution in [0.5, 0.6) is 0 Å². The highest BCUT2D eigenvalue weighted by Crippen LogP contribution is 2.19. The van der Waals surface area contributed by atoms with Crippen molar-refractivity contribution in [2.75, 3.05) is 19.0 Å². The van der Waals surface area contributed by atoms with E-state index < -0.39 is 0 Å². The van der Waals surface area contributed by atoms with Crippen LogP contribution in [0, 0.1) is 13.8 Å². The second-order valence-corrected chi connectivity index (χ2v) is 3.29. The van der Waals surface area contributed by atoms with Gasteiger partial charge in [0, 0.05) is 18.3 Å². The fraction of sp³-hybridized carbons (Fsp3) is 0.727. The van der Waals surface area contributed by atoms with Crippen LogP contribution in [0.4, 0.5) is 5.82 Å². The molecular weight excluding hydrogens is 190 g/mol. The maximum atomic E-state index is 9.00. The molecule has 0 radical (unpaired) electrons. The third kappa shape index (κ3) is 2.96. The Morgan fingerprint density at radius 2 is 1.93 bits per heavy atom. The van der Waals surface area contributed by atoms with Crippen LogP contribution < -0.4 is 5.32 Å². The van der Waals surface area contributed by atoms with Crippen LogP contribution in [0.25, 0.3) is 0 Å². The first-order valence-corrected chi connectivity index (χ1v) is 5.46. The van der Waals surface area contributed by atoms with E-state index in [4.69, 9.17) is 5.11 Å². The SMILES string of the molecule is CC.CNc1nn(C(C)CO)c(C)c1C. The molecular formula is C11H23N3O. The maximum Gasteiger partial charge on any atom is 0.150 e. The monoisotopic (exact) mass is 213 g/mol. The molecule has 1 unspecified atom stereocenters. The summed E-state index contributed by atoms with van der Waals surface area (Å²) in [6, 6.07) is 0.0424. The second-order valence-electron chi connectivity index (χ2n) is 3.29. The number of rotatable bonds is 3. The average Bonchev–Trinajstić information content (AvgIpc) is 2.58. The van der Waals surface area contributed by atoms with Crippen LogP contribution in [0.15, 0.2) is 0 Å². The van der Waals surface area contributed by atoms with Crippen molar-refractivity contribution in [3.63, 3.8) is 0 Å². The Hall–Kier alpha value is -1.03. The van der Waals surface area contributed by atoms with Gasteiger partial charge in [0.25, 0.3) is 0 Å². The van der Waals surface area contributed by atoms with Crippen LogP contribution in [-0.4, -0.2) is 28.5 Å². The van der Waals surface area contributed by atoms with E-state index in [1.54, 1.807) is 0 Å². The first-order chi connectivity index (χ1) is 7.11. The van der Waals surface area contributed by atoms with Gasteiger partial charge in [-0.05, 0) is 20.8 Å². The summed E-state index contributed by atoms with van der Waals surface area (Å²) >= 11 is 0. The van der Waals surface area contributed by atoms with Gasteiger partial charge in [-0.1, -0.05) is 13.8 Å². The number of nitrogens with one attached hydrogen (secondary N) is 1. The minimum Gasteiger partial charge on any atom is -0.394 e. The third-order valence-electron chi connectivity index (χ3n) is 2.37. The van der Waals surface area contributed by atoms with Crippen molar-refractivity contribution >= 4 is 5.82 Å². The lowest BCUT2D eigenvalue weighted by Gasteiger charge is -2.10. The highest BCUT2D eigenvalue weighted by molar-refractivity contribution is 5.45. The van der Waals surface area contributed by atoms with E-state index in [1.165, 1.54) is 0 Å². The van der Waals surface area contributed by atoms with Crippen LogP contribution >= 0.6 is 0 Å². The predicted molar refractivity (Wildman–Crippen MR) is 64.4 cm³/mol. The van der Waals surface area contributed by atoms with Gasteiger partial charge in [0.15, 0.2) is 5.82 Å². The van der Waals surface area contributed by atoms with Gasteiger partial charge in [-0.15, -0.1) is 0 Å². The van der Waals surface area contributed by atoms with Gasteiger partial charge in [-0.25, -0.2) is 0 Å². The Balaban J connectivity index is 0.000000921. The fourth-order valence-corrected chi connectivity index (χ4v) is 1.34. The predicted octanol–water partition coefficient (Wildman–Crippen LogP) is 2.12. The molecule has 0 bridgehead atoms. The van der Waals surface area contributed by atoms with Crippen LogP contribution in [-0.2, 0) is 0 Å². The van der Waals surface area contributed by atoms with Crippen molar-refractivity contribution < 1.29 is 5.11 Å². The quantitative estimate of drug-likeness (QED) is 0.808. The lowest BCUT2D eigenvalue weighted by atomic mass is 10.2. The Labute approximate surface area is 92.3 Å². The van der Waals surface area contributed by atoms with Crippen molar-refractivity contribution in [3.05, 3.63) is 11.3 Å². The van der Waals surface area contributed by atoms with E-state index in [2.05, 4.69) is 10.4 Å². The summed E-state index contributed by atoms with van der Waals surface area (Å²) in [5, 5.41) is 16.4. The molecule has 0 aliphatic carbocycles. The topological polar surface area (TPSA) is 50.1 Å². The fourth-order valence-electron chi connectivity index (χ4n) is 1.34. The van der Waals surface area contributed by atoms with Crippen molar-refractivity contribution in [2.24, 2.45) is 0 Å². The molecule has 4 nitrogen and oxygen atoms in total. The van der Waals surface area contributed by atoms with Gasteiger partial charge in [0.2, 0.25) is 0 Å². The number of hydrogen-bond donors (Lipinski definition) is 2. The number of anilines is 1. The largest absolute Gasteiger partial charge is 0.394 e. The summed E-state index contributed by atoms with van der Waals surface area (Å²) in [4.78, 5) is 0. The normalized spacial score (nSPS) is 11.7. The molecule has 0 aromatic carbocycles. The third-order valence-corrected chi connectivity index (χ3v) is 2.37. The molecule has 1 aromatic heterocycles. The van der Waals surface area contributed by atoms with Gasteiger partial charge >= 0.3 is 0 Å². The molecule has 1 atom stereocenters. The Kier molecular flexibility index (Phi) is 6.01. The Morgan fingerprint density at radius 1 is 1.40 bits per heavy atom. The molecule has 15 heavy (non-hydrogen) atoms. The summed E-state index contributed by atoms with van der Waals surface area (Å²) in [6.07, 6.45) is 0. The molecule has 0 aliphatic heterocycles. The minimum absolute atomic E-state index is 0.0424. The van der Waals surface area contributed by atoms with E-state index in [-0.39, 0.29) is 12.6 Å². The number of nitrogens with zero attached hydrogens (tertiary/aromatic N) is 2. The number of aliphatic hydroxyl groups is 1. The summed E-state index contributed by atoms with van der Waals surface area (Å²) in [6.45, 7) is 10.1. The Morgan fingerprint density at radius 3 is 2.27 bits per heavy atom. The number of aromatic nitrogens is 2. The summed E-state index contributed by atoms with van der Waals surface area (Å²) in [5.74, 6) is 0.887. The first-order valence-electron chi connectivity index (χ1n) is 5.46. The Bertz CT molecular complexity index is 294. The lowest BCUT2D eigenvalue weighted by molar-refractivity contribution is 0.228. The van der Waals surface area contributed by atoms with E-state index >= 15 is 0 Å². The zero-order valence-electron chi connectivity index (χ0n) is 10.6. The van der Waals surface area contributed by atoms with Crippen LogP contribution in [0.1, 0.15) is 38.1 Å². The molecule has 0 aliphatic rings. The minimum atomic E-state index is 0.0424. The molecule has 0 spiro atoms. The smallest absolute Gasteiger partial charge is 0.150 e. The van der Waals surface area contributed by atoms with Gasteiger partial charge in [0.1, 0.15) is 0 Å². The van der Waals surface area contributed by atoms with E-state index in [0.29, 0.717) is 0 Å². The molecule has 4 heteroatoms. The molecule has 1 heterocycles. The molecule has 0 saturated heterocycles. The average molecular weight is 213 g/mol. The van der Waals surface area contributed by atoms with Crippen LogP contribution in [0.2, 0.25) is 0 Å². The molecule has 0 fully saturated rings. The van der Waals surface area contributed by atoms with E-state index in [0.717, 1.165) is 17.1 Å². The second kappa shape index (κ2) is 6.45. The molecule has 1 rings (SSSR count). The first kappa shape index (κ1) is 14.0. The van der Waals surface area contributed by atoms with E-state index in [1.807, 2.05) is 46.3 Å². The number of aliphatic hydroxyl groups excluding tert-OH is 1. The molecule has 0 saturated carbocycles. The standard InChI is InChI=1S/C9H17N3O.C2H6/c1-6(5-13)12-8(3)7(2)9(10-4)11-12;1-2/h6,13H,5H2,1-4H3,(H,10,11);1-2H3. The van der Waals surface area contributed by atoms with Gasteiger partial charge < -0.3 is 10.4 Å². The van der Waals surface area contributed by atoms with Crippen molar-refractivity contribution in [1.29, 1.82) is 0 Å². The van der Waals surface area contributed by atoms with Crippen molar-refractivity contribution in [1.82, 2.24) is 9.78 Å². The molecule has 2 N–H and O–H groups in total.